The van der Waals surface area contributed by atoms with Crippen LogP contribution in [0.5, 0.6) is 0 Å². The second-order valence-electron chi connectivity index (χ2n) is 6.32. The van der Waals surface area contributed by atoms with Crippen molar-refractivity contribution in [1.29, 1.82) is 0 Å². The van der Waals surface area contributed by atoms with Crippen LogP contribution in [-0.2, 0) is 6.54 Å². The number of carboxylic acid groups (broad SMARTS) is 1. The summed E-state index contributed by atoms with van der Waals surface area (Å²) < 4.78 is 1.81. The monoisotopic (exact) mass is 340 g/mol. The lowest BCUT2D eigenvalue weighted by Gasteiger charge is -2.12. The molecule has 0 aliphatic rings. The van der Waals surface area contributed by atoms with E-state index in [1.54, 1.807) is 12.1 Å². The molecule has 4 aromatic rings. The Balaban J connectivity index is 1.99. The highest BCUT2D eigenvalue weighted by atomic mass is 16.4. The number of carbonyl (C=O) groups is 1. The van der Waals surface area contributed by atoms with Crippen molar-refractivity contribution in [1.82, 2.24) is 4.57 Å². The molecule has 4 heteroatoms. The molecule has 1 heterocycles. The normalized spacial score (nSPS) is 10.9. The number of aromatic nitrogens is 1. The maximum absolute atomic E-state index is 11.9. The zero-order valence-electron chi connectivity index (χ0n) is 14.2. The molecule has 1 aromatic heterocycles. The van der Waals surface area contributed by atoms with E-state index in [-0.39, 0.29) is 5.69 Å². The van der Waals surface area contributed by atoms with Crippen molar-refractivity contribution in [3.8, 4) is 0 Å². The molecular formula is C22H16N2O2. The third-order valence-corrected chi connectivity index (χ3v) is 4.84. The van der Waals surface area contributed by atoms with E-state index in [4.69, 9.17) is 6.57 Å². The number of fused-ring (bicyclic) bond motifs is 2. The van der Waals surface area contributed by atoms with Crippen LogP contribution < -0.4 is 0 Å². The average molecular weight is 340 g/mol. The lowest BCUT2D eigenvalue weighted by molar-refractivity contribution is 0.0685. The molecular weight excluding hydrogens is 324 g/mol. The van der Waals surface area contributed by atoms with Crippen molar-refractivity contribution in [3.05, 3.63) is 88.9 Å². The Morgan fingerprint density at radius 1 is 1.08 bits per heavy atom. The predicted molar refractivity (Wildman–Crippen MR) is 103 cm³/mol. The fourth-order valence-electron chi connectivity index (χ4n) is 3.62. The first-order valence-electron chi connectivity index (χ1n) is 8.30. The van der Waals surface area contributed by atoms with E-state index in [0.29, 0.717) is 12.2 Å². The number of aromatic carboxylic acids is 1. The number of hydrogen-bond acceptors (Lipinski definition) is 1. The average Bonchev–Trinajstić information content (AvgIpc) is 2.93. The molecule has 0 bridgehead atoms. The summed E-state index contributed by atoms with van der Waals surface area (Å²) in [7, 11) is 0. The third kappa shape index (κ3) is 2.42. The highest BCUT2D eigenvalue weighted by Gasteiger charge is 2.20. The van der Waals surface area contributed by atoms with Gasteiger partial charge in [-0.05, 0) is 34.9 Å². The highest BCUT2D eigenvalue weighted by molar-refractivity contribution is 5.99. The van der Waals surface area contributed by atoms with E-state index < -0.39 is 5.97 Å². The molecule has 0 aliphatic carbocycles. The van der Waals surface area contributed by atoms with E-state index in [1.807, 2.05) is 60.0 Å². The SMILES string of the molecule is [C-]#[N+]c1ccc2c(C)c(C(=O)O)n(Cc3cccc4ccccc34)c2c1. The van der Waals surface area contributed by atoms with Crippen molar-refractivity contribution in [2.24, 2.45) is 0 Å². The van der Waals surface area contributed by atoms with Crippen LogP contribution in [0.4, 0.5) is 5.69 Å². The second-order valence-corrected chi connectivity index (χ2v) is 6.32. The molecule has 1 N–H and O–H groups in total. The van der Waals surface area contributed by atoms with Gasteiger partial charge in [-0.25, -0.2) is 9.64 Å². The van der Waals surface area contributed by atoms with Crippen molar-refractivity contribution < 1.29 is 9.90 Å². The molecule has 0 saturated heterocycles. The van der Waals surface area contributed by atoms with Gasteiger partial charge in [-0.15, -0.1) is 0 Å². The van der Waals surface area contributed by atoms with E-state index in [9.17, 15) is 9.90 Å². The van der Waals surface area contributed by atoms with Crippen molar-refractivity contribution in [3.63, 3.8) is 0 Å². The lowest BCUT2D eigenvalue weighted by atomic mass is 10.0. The van der Waals surface area contributed by atoms with Crippen LogP contribution in [0.1, 0.15) is 21.6 Å². The Bertz CT molecular complexity index is 1210. The number of aryl methyl sites for hydroxylation is 1. The summed E-state index contributed by atoms with van der Waals surface area (Å²) in [5, 5.41) is 12.9. The lowest BCUT2D eigenvalue weighted by Crippen LogP contribution is -2.10. The number of rotatable bonds is 3. The quantitative estimate of drug-likeness (QED) is 0.508. The van der Waals surface area contributed by atoms with Gasteiger partial charge in [0.25, 0.3) is 0 Å². The number of nitrogens with zero attached hydrogens (tertiary/aromatic N) is 2. The van der Waals surface area contributed by atoms with Crippen molar-refractivity contribution in [2.75, 3.05) is 0 Å². The Hall–Kier alpha value is -3.58. The van der Waals surface area contributed by atoms with Crippen LogP contribution in [0, 0.1) is 13.5 Å². The van der Waals surface area contributed by atoms with Crippen molar-refractivity contribution >= 4 is 33.3 Å². The third-order valence-electron chi connectivity index (χ3n) is 4.84. The van der Waals surface area contributed by atoms with Crippen LogP contribution in [0.2, 0.25) is 0 Å². The summed E-state index contributed by atoms with van der Waals surface area (Å²) in [5.74, 6) is -0.955. The van der Waals surface area contributed by atoms with E-state index in [2.05, 4.69) is 4.85 Å². The maximum Gasteiger partial charge on any atom is 0.352 e. The maximum atomic E-state index is 11.9. The minimum atomic E-state index is -0.955. The molecule has 0 saturated carbocycles. The van der Waals surface area contributed by atoms with E-state index in [1.165, 1.54) is 0 Å². The molecule has 0 spiro atoms. The first-order valence-corrected chi connectivity index (χ1v) is 8.30. The molecule has 0 atom stereocenters. The van der Waals surface area contributed by atoms with Gasteiger partial charge in [0.15, 0.2) is 5.69 Å². The van der Waals surface area contributed by atoms with Crippen LogP contribution in [0.15, 0.2) is 60.7 Å². The van der Waals surface area contributed by atoms with Crippen LogP contribution in [-0.4, -0.2) is 15.6 Å². The van der Waals surface area contributed by atoms with Gasteiger partial charge < -0.3 is 9.67 Å². The summed E-state index contributed by atoms with van der Waals surface area (Å²) in [6.45, 7) is 9.52. The van der Waals surface area contributed by atoms with E-state index in [0.717, 1.165) is 32.8 Å². The molecule has 3 aromatic carbocycles. The van der Waals surface area contributed by atoms with Gasteiger partial charge in [-0.1, -0.05) is 54.6 Å². The first kappa shape index (κ1) is 15.9. The highest BCUT2D eigenvalue weighted by Crippen LogP contribution is 2.31. The molecule has 0 unspecified atom stereocenters. The van der Waals surface area contributed by atoms with Crippen LogP contribution in [0.25, 0.3) is 26.5 Å². The second kappa shape index (κ2) is 6.05. The molecule has 4 rings (SSSR count). The molecule has 0 fully saturated rings. The minimum absolute atomic E-state index is 0.273. The number of hydrogen-bond donors (Lipinski definition) is 1. The molecule has 0 radical (unpaired) electrons. The summed E-state index contributed by atoms with van der Waals surface area (Å²) in [6, 6.07) is 19.5. The summed E-state index contributed by atoms with van der Waals surface area (Å²) >= 11 is 0. The van der Waals surface area contributed by atoms with Crippen LogP contribution in [0.3, 0.4) is 0 Å². The Morgan fingerprint density at radius 3 is 2.62 bits per heavy atom. The zero-order valence-corrected chi connectivity index (χ0v) is 14.2. The van der Waals surface area contributed by atoms with Gasteiger partial charge in [0.2, 0.25) is 0 Å². The Morgan fingerprint density at radius 2 is 1.85 bits per heavy atom. The molecule has 26 heavy (non-hydrogen) atoms. The smallest absolute Gasteiger partial charge is 0.352 e. The summed E-state index contributed by atoms with van der Waals surface area (Å²) in [6.07, 6.45) is 0. The van der Waals surface area contributed by atoms with Gasteiger partial charge >= 0.3 is 5.97 Å². The zero-order chi connectivity index (χ0) is 18.3. The van der Waals surface area contributed by atoms with Crippen LogP contribution >= 0.6 is 0 Å². The molecule has 126 valence electrons. The van der Waals surface area contributed by atoms with Gasteiger partial charge in [0.1, 0.15) is 5.69 Å². The van der Waals surface area contributed by atoms with E-state index >= 15 is 0 Å². The number of carboxylic acids is 1. The Kier molecular flexibility index (Phi) is 3.70. The fourth-order valence-corrected chi connectivity index (χ4v) is 3.62. The molecule has 0 amide bonds. The van der Waals surface area contributed by atoms with Gasteiger partial charge in [0.05, 0.1) is 6.57 Å². The molecule has 4 nitrogen and oxygen atoms in total. The molecule has 0 aliphatic heterocycles. The van der Waals surface area contributed by atoms with Gasteiger partial charge in [0, 0.05) is 17.4 Å². The first-order chi connectivity index (χ1) is 12.6. The largest absolute Gasteiger partial charge is 0.477 e. The Labute approximate surface area is 150 Å². The van der Waals surface area contributed by atoms with Crippen molar-refractivity contribution in [2.45, 2.75) is 13.5 Å². The van der Waals surface area contributed by atoms with Gasteiger partial charge in [-0.3, -0.25) is 0 Å². The summed E-state index contributed by atoms with van der Waals surface area (Å²) in [5.41, 5.74) is 3.34. The van der Waals surface area contributed by atoms with Gasteiger partial charge in [-0.2, -0.15) is 0 Å². The summed E-state index contributed by atoms with van der Waals surface area (Å²) in [4.78, 5) is 15.4. The predicted octanol–water partition coefficient (Wildman–Crippen LogP) is 5.40. The minimum Gasteiger partial charge on any atom is -0.477 e. The fraction of sp³-hybridized carbons (Fsp3) is 0.0909. The standard InChI is InChI=1S/C22H16N2O2/c1-14-18-11-10-17(23-2)12-20(18)24(21(14)22(25)26)13-16-8-5-7-15-6-3-4-9-19(15)16/h3-12H,13H2,1H3,(H,25,26). The topological polar surface area (TPSA) is 46.6 Å². The number of benzene rings is 3.